The third kappa shape index (κ3) is 1.82. The van der Waals surface area contributed by atoms with Gasteiger partial charge >= 0.3 is 5.69 Å². The Labute approximate surface area is 100 Å². The summed E-state index contributed by atoms with van der Waals surface area (Å²) in [6.07, 6.45) is 0. The maximum absolute atomic E-state index is 11.8. The first-order valence-corrected chi connectivity index (χ1v) is 5.63. The number of anilines is 1. The molecule has 17 heavy (non-hydrogen) atoms. The molecule has 0 spiro atoms. The van der Waals surface area contributed by atoms with Crippen LogP contribution in [0.15, 0.2) is 23.0 Å². The van der Waals surface area contributed by atoms with E-state index in [-0.39, 0.29) is 5.69 Å². The number of hydrogen-bond donors (Lipinski definition) is 1. The molecule has 0 fully saturated rings. The lowest BCUT2D eigenvalue weighted by Crippen LogP contribution is -2.24. The number of fused-ring (bicyclic) bond motifs is 1. The monoisotopic (exact) mass is 234 g/mol. The quantitative estimate of drug-likeness (QED) is 0.829. The molecule has 0 aliphatic carbocycles. The fourth-order valence-electron chi connectivity index (χ4n) is 2.06. The summed E-state index contributed by atoms with van der Waals surface area (Å²) >= 11 is 0. The summed E-state index contributed by atoms with van der Waals surface area (Å²) in [6.45, 7) is 1.41. The van der Waals surface area contributed by atoms with Crippen LogP contribution in [-0.2, 0) is 14.1 Å². The maximum Gasteiger partial charge on any atom is 0.328 e. The van der Waals surface area contributed by atoms with Crippen LogP contribution in [0.4, 0.5) is 5.69 Å². The zero-order valence-electron chi connectivity index (χ0n) is 10.5. The van der Waals surface area contributed by atoms with E-state index in [1.54, 1.807) is 23.2 Å². The van der Waals surface area contributed by atoms with Gasteiger partial charge in [-0.15, -0.1) is 0 Å². The minimum Gasteiger partial charge on any atom is -0.373 e. The van der Waals surface area contributed by atoms with E-state index >= 15 is 0 Å². The summed E-state index contributed by atoms with van der Waals surface area (Å²) in [5.74, 6) is 0. The van der Waals surface area contributed by atoms with Gasteiger partial charge in [0.1, 0.15) is 0 Å². The largest absolute Gasteiger partial charge is 0.373 e. The molecule has 92 valence electrons. The Morgan fingerprint density at radius 1 is 1.24 bits per heavy atom. The zero-order valence-corrected chi connectivity index (χ0v) is 10.5. The summed E-state index contributed by atoms with van der Waals surface area (Å²) < 4.78 is 3.32. The van der Waals surface area contributed by atoms with Crippen LogP contribution >= 0.6 is 0 Å². The lowest BCUT2D eigenvalue weighted by Gasteiger charge is -2.18. The molecule has 1 aromatic heterocycles. The van der Waals surface area contributed by atoms with E-state index in [0.29, 0.717) is 6.54 Å². The standard InChI is InChI=1S/C12H18N4O/c1-14(7-6-13)9-4-5-10-11(8-9)16(3)12(17)15(10)2/h4-5,8H,6-7,13H2,1-3H3. The highest BCUT2D eigenvalue weighted by molar-refractivity contribution is 5.80. The molecule has 0 saturated carbocycles. The highest BCUT2D eigenvalue weighted by atomic mass is 16.1. The van der Waals surface area contributed by atoms with Crippen LogP contribution in [0.1, 0.15) is 0 Å². The summed E-state index contributed by atoms with van der Waals surface area (Å²) in [4.78, 5) is 13.9. The third-order valence-corrected chi connectivity index (χ3v) is 3.16. The van der Waals surface area contributed by atoms with Crippen LogP contribution in [0.25, 0.3) is 11.0 Å². The molecule has 0 atom stereocenters. The average molecular weight is 234 g/mol. The Balaban J connectivity index is 2.58. The number of aryl methyl sites for hydroxylation is 2. The number of nitrogens with two attached hydrogens (primary N) is 1. The molecule has 0 bridgehead atoms. The highest BCUT2D eigenvalue weighted by Gasteiger charge is 2.09. The summed E-state index contributed by atoms with van der Waals surface area (Å²) in [7, 11) is 5.57. The van der Waals surface area contributed by atoms with Crippen molar-refractivity contribution >= 4 is 16.7 Å². The van der Waals surface area contributed by atoms with Crippen molar-refractivity contribution < 1.29 is 0 Å². The number of likely N-dealkylation sites (N-methyl/N-ethyl adjacent to an activating group) is 1. The molecule has 2 N–H and O–H groups in total. The molecule has 0 aliphatic heterocycles. The molecule has 5 heteroatoms. The lowest BCUT2D eigenvalue weighted by atomic mass is 10.2. The van der Waals surface area contributed by atoms with Crippen LogP contribution in [0.3, 0.4) is 0 Å². The SMILES string of the molecule is CN(CCN)c1ccc2c(c1)n(C)c(=O)n2C. The van der Waals surface area contributed by atoms with Crippen molar-refractivity contribution in [1.82, 2.24) is 9.13 Å². The molecule has 0 aliphatic rings. The summed E-state index contributed by atoms with van der Waals surface area (Å²) in [5, 5.41) is 0. The first-order chi connectivity index (χ1) is 8.06. The van der Waals surface area contributed by atoms with Crippen molar-refractivity contribution in [1.29, 1.82) is 0 Å². The average Bonchev–Trinajstić information content (AvgIpc) is 2.55. The first kappa shape index (κ1) is 11.7. The molecule has 1 aromatic carbocycles. The molecular formula is C12H18N4O. The summed E-state index contributed by atoms with van der Waals surface area (Å²) in [6, 6.07) is 6.00. The van der Waals surface area contributed by atoms with E-state index in [1.807, 2.05) is 25.2 Å². The Morgan fingerprint density at radius 2 is 1.88 bits per heavy atom. The van der Waals surface area contributed by atoms with Crippen molar-refractivity contribution in [2.45, 2.75) is 0 Å². The number of benzene rings is 1. The van der Waals surface area contributed by atoms with Crippen molar-refractivity contribution in [3.05, 3.63) is 28.7 Å². The van der Waals surface area contributed by atoms with E-state index in [2.05, 4.69) is 4.90 Å². The van der Waals surface area contributed by atoms with E-state index < -0.39 is 0 Å². The predicted molar refractivity (Wildman–Crippen MR) is 70.5 cm³/mol. The van der Waals surface area contributed by atoms with Crippen LogP contribution in [-0.4, -0.2) is 29.3 Å². The van der Waals surface area contributed by atoms with Crippen LogP contribution in [0, 0.1) is 0 Å². The van der Waals surface area contributed by atoms with E-state index in [1.165, 1.54) is 0 Å². The molecule has 2 rings (SSSR count). The van der Waals surface area contributed by atoms with Gasteiger partial charge in [-0.2, -0.15) is 0 Å². The topological polar surface area (TPSA) is 56.2 Å². The van der Waals surface area contributed by atoms with Crippen molar-refractivity contribution in [3.63, 3.8) is 0 Å². The smallest absolute Gasteiger partial charge is 0.328 e. The minimum absolute atomic E-state index is 0.00127. The van der Waals surface area contributed by atoms with Gasteiger partial charge in [0.05, 0.1) is 11.0 Å². The highest BCUT2D eigenvalue weighted by Crippen LogP contribution is 2.19. The number of imidazole rings is 1. The molecule has 0 unspecified atom stereocenters. The van der Waals surface area contributed by atoms with Gasteiger partial charge in [0, 0.05) is 39.9 Å². The zero-order chi connectivity index (χ0) is 12.6. The molecule has 0 saturated heterocycles. The van der Waals surface area contributed by atoms with Crippen LogP contribution in [0.5, 0.6) is 0 Å². The second-order valence-corrected chi connectivity index (χ2v) is 4.28. The van der Waals surface area contributed by atoms with Gasteiger partial charge in [-0.1, -0.05) is 0 Å². The Kier molecular flexibility index (Phi) is 2.93. The normalized spacial score (nSPS) is 11.1. The van der Waals surface area contributed by atoms with E-state index in [4.69, 9.17) is 5.73 Å². The van der Waals surface area contributed by atoms with Gasteiger partial charge < -0.3 is 10.6 Å². The molecular weight excluding hydrogens is 216 g/mol. The Morgan fingerprint density at radius 3 is 2.53 bits per heavy atom. The van der Waals surface area contributed by atoms with Gasteiger partial charge in [0.2, 0.25) is 0 Å². The number of aromatic nitrogens is 2. The van der Waals surface area contributed by atoms with E-state index in [9.17, 15) is 4.79 Å². The Hall–Kier alpha value is -1.75. The van der Waals surface area contributed by atoms with Crippen molar-refractivity contribution in [2.75, 3.05) is 25.0 Å². The number of hydrogen-bond acceptors (Lipinski definition) is 3. The molecule has 2 aromatic rings. The third-order valence-electron chi connectivity index (χ3n) is 3.16. The van der Waals surface area contributed by atoms with Crippen molar-refractivity contribution in [3.8, 4) is 0 Å². The molecule has 5 nitrogen and oxygen atoms in total. The Bertz CT molecular complexity index is 596. The van der Waals surface area contributed by atoms with Gasteiger partial charge in [-0.3, -0.25) is 9.13 Å². The lowest BCUT2D eigenvalue weighted by molar-refractivity contribution is 0.795. The first-order valence-electron chi connectivity index (χ1n) is 5.63. The molecule has 1 heterocycles. The minimum atomic E-state index is -0.00127. The van der Waals surface area contributed by atoms with E-state index in [0.717, 1.165) is 23.3 Å². The predicted octanol–water partition coefficient (Wildman–Crippen LogP) is 0.272. The van der Waals surface area contributed by atoms with Crippen molar-refractivity contribution in [2.24, 2.45) is 19.8 Å². The number of rotatable bonds is 3. The number of nitrogens with zero attached hydrogens (tertiary/aromatic N) is 3. The van der Waals surface area contributed by atoms with Gasteiger partial charge in [0.25, 0.3) is 0 Å². The summed E-state index contributed by atoms with van der Waals surface area (Å²) in [5.41, 5.74) is 8.50. The second kappa shape index (κ2) is 4.25. The second-order valence-electron chi connectivity index (χ2n) is 4.28. The van der Waals surface area contributed by atoms with Gasteiger partial charge in [-0.25, -0.2) is 4.79 Å². The fraction of sp³-hybridized carbons (Fsp3) is 0.417. The van der Waals surface area contributed by atoms with Gasteiger partial charge in [-0.05, 0) is 18.2 Å². The fourth-order valence-corrected chi connectivity index (χ4v) is 2.06. The van der Waals surface area contributed by atoms with Crippen LogP contribution in [0.2, 0.25) is 0 Å². The molecule has 0 radical (unpaired) electrons. The maximum atomic E-state index is 11.8. The van der Waals surface area contributed by atoms with Crippen LogP contribution < -0.4 is 16.3 Å². The van der Waals surface area contributed by atoms with Gasteiger partial charge in [0.15, 0.2) is 0 Å². The molecule has 0 amide bonds.